The van der Waals surface area contributed by atoms with Gasteiger partial charge < -0.3 is 9.67 Å². The van der Waals surface area contributed by atoms with Crippen LogP contribution in [0.4, 0.5) is 0 Å². The summed E-state index contributed by atoms with van der Waals surface area (Å²) in [6, 6.07) is 5.77. The molecular formula is C12H12N4OS. The van der Waals surface area contributed by atoms with Crippen LogP contribution in [-0.4, -0.2) is 19.6 Å². The van der Waals surface area contributed by atoms with Gasteiger partial charge in [0.25, 0.3) is 0 Å². The van der Waals surface area contributed by atoms with Crippen molar-refractivity contribution in [3.05, 3.63) is 41.5 Å². The Bertz CT molecular complexity index is 588. The fraction of sp³-hybridized carbons (Fsp3) is 0.250. The van der Waals surface area contributed by atoms with Crippen LogP contribution in [0.5, 0.6) is 0 Å². The lowest BCUT2D eigenvalue weighted by molar-refractivity contribution is 0.271. The molecule has 0 saturated carbocycles. The van der Waals surface area contributed by atoms with Crippen molar-refractivity contribution in [2.75, 3.05) is 0 Å². The van der Waals surface area contributed by atoms with Crippen molar-refractivity contribution in [2.24, 2.45) is 7.05 Å². The Hall–Kier alpha value is -1.84. The molecular weight excluding hydrogens is 248 g/mol. The molecule has 6 heteroatoms. The first-order valence-corrected chi connectivity index (χ1v) is 6.33. The van der Waals surface area contributed by atoms with Gasteiger partial charge in [0, 0.05) is 19.0 Å². The molecule has 0 unspecified atom stereocenters. The number of aliphatic hydroxyl groups excluding tert-OH is 1. The highest BCUT2D eigenvalue weighted by molar-refractivity contribution is 7.98. The molecule has 0 aromatic carbocycles. The fourth-order valence-corrected chi connectivity index (χ4v) is 2.46. The van der Waals surface area contributed by atoms with Crippen molar-refractivity contribution in [3.8, 4) is 6.07 Å². The van der Waals surface area contributed by atoms with Gasteiger partial charge in [0.15, 0.2) is 5.16 Å². The predicted molar refractivity (Wildman–Crippen MR) is 67.6 cm³/mol. The predicted octanol–water partition coefficient (Wildman–Crippen LogP) is 1.47. The van der Waals surface area contributed by atoms with Gasteiger partial charge in [0.1, 0.15) is 11.8 Å². The van der Waals surface area contributed by atoms with E-state index in [1.165, 1.54) is 11.8 Å². The zero-order valence-electron chi connectivity index (χ0n) is 9.87. The number of imidazole rings is 1. The molecule has 2 aromatic rings. The lowest BCUT2D eigenvalue weighted by Crippen LogP contribution is -1.98. The van der Waals surface area contributed by atoms with E-state index in [0.29, 0.717) is 11.4 Å². The maximum Gasteiger partial charge on any atom is 0.168 e. The first kappa shape index (κ1) is 12.6. The minimum atomic E-state index is -0.0274. The molecule has 2 aromatic heterocycles. The van der Waals surface area contributed by atoms with E-state index in [-0.39, 0.29) is 6.61 Å². The van der Waals surface area contributed by atoms with E-state index in [1.807, 2.05) is 23.7 Å². The van der Waals surface area contributed by atoms with Gasteiger partial charge in [0.05, 0.1) is 18.5 Å². The van der Waals surface area contributed by atoms with Gasteiger partial charge in [-0.05, 0) is 11.6 Å². The Morgan fingerprint density at radius 3 is 3.00 bits per heavy atom. The summed E-state index contributed by atoms with van der Waals surface area (Å²) >= 11 is 1.52. The van der Waals surface area contributed by atoms with Crippen LogP contribution in [0.1, 0.15) is 17.0 Å². The highest BCUT2D eigenvalue weighted by atomic mass is 32.2. The smallest absolute Gasteiger partial charge is 0.168 e. The van der Waals surface area contributed by atoms with Gasteiger partial charge in [-0.1, -0.05) is 17.8 Å². The minimum absolute atomic E-state index is 0.0274. The number of rotatable bonds is 4. The van der Waals surface area contributed by atoms with Crippen molar-refractivity contribution in [1.29, 1.82) is 5.26 Å². The van der Waals surface area contributed by atoms with Crippen LogP contribution < -0.4 is 0 Å². The maximum absolute atomic E-state index is 9.08. The van der Waals surface area contributed by atoms with E-state index in [0.717, 1.165) is 16.4 Å². The highest BCUT2D eigenvalue weighted by Crippen LogP contribution is 2.22. The standard InChI is InChI=1S/C12H12N4OS/c1-16-10(7-17)6-15-12(16)18-8-9-3-2-4-14-11(9)5-13/h2-4,6,17H,7-8H2,1H3. The summed E-state index contributed by atoms with van der Waals surface area (Å²) in [6.45, 7) is -0.0274. The van der Waals surface area contributed by atoms with Gasteiger partial charge in [0.2, 0.25) is 0 Å². The Labute approximate surface area is 109 Å². The Morgan fingerprint density at radius 1 is 1.50 bits per heavy atom. The lowest BCUT2D eigenvalue weighted by Gasteiger charge is -2.04. The number of aromatic nitrogens is 3. The molecule has 0 fully saturated rings. The van der Waals surface area contributed by atoms with E-state index < -0.39 is 0 Å². The molecule has 0 radical (unpaired) electrons. The zero-order valence-corrected chi connectivity index (χ0v) is 10.7. The summed E-state index contributed by atoms with van der Waals surface area (Å²) in [5.41, 5.74) is 2.10. The second-order valence-electron chi connectivity index (χ2n) is 3.66. The molecule has 1 N–H and O–H groups in total. The van der Waals surface area contributed by atoms with Crippen molar-refractivity contribution in [2.45, 2.75) is 17.5 Å². The van der Waals surface area contributed by atoms with Crippen molar-refractivity contribution in [3.63, 3.8) is 0 Å². The van der Waals surface area contributed by atoms with E-state index >= 15 is 0 Å². The maximum atomic E-state index is 9.08. The monoisotopic (exact) mass is 260 g/mol. The molecule has 0 aliphatic heterocycles. The normalized spacial score (nSPS) is 10.3. The topological polar surface area (TPSA) is 74.7 Å². The third-order valence-corrected chi connectivity index (χ3v) is 3.65. The number of nitrogens with zero attached hydrogens (tertiary/aromatic N) is 4. The number of hydrogen-bond acceptors (Lipinski definition) is 5. The summed E-state index contributed by atoms with van der Waals surface area (Å²) in [5.74, 6) is 0.631. The second kappa shape index (κ2) is 5.67. The highest BCUT2D eigenvalue weighted by Gasteiger charge is 2.08. The van der Waals surface area contributed by atoms with Crippen LogP contribution in [0.15, 0.2) is 29.7 Å². The van der Waals surface area contributed by atoms with Crippen LogP contribution in [0.2, 0.25) is 0 Å². The van der Waals surface area contributed by atoms with Crippen LogP contribution in [0.3, 0.4) is 0 Å². The van der Waals surface area contributed by atoms with Crippen molar-refractivity contribution >= 4 is 11.8 Å². The summed E-state index contributed by atoms with van der Waals surface area (Å²) < 4.78 is 1.84. The molecule has 0 bridgehead atoms. The molecule has 0 amide bonds. The van der Waals surface area contributed by atoms with Crippen LogP contribution in [-0.2, 0) is 19.4 Å². The molecule has 0 saturated heterocycles. The van der Waals surface area contributed by atoms with Gasteiger partial charge in [-0.25, -0.2) is 9.97 Å². The average molecular weight is 260 g/mol. The van der Waals surface area contributed by atoms with Gasteiger partial charge in [-0.15, -0.1) is 0 Å². The van der Waals surface area contributed by atoms with Crippen molar-refractivity contribution < 1.29 is 5.11 Å². The molecule has 2 heterocycles. The summed E-state index contributed by atoms with van der Waals surface area (Å²) in [6.07, 6.45) is 3.26. The number of hydrogen-bond donors (Lipinski definition) is 1. The third kappa shape index (κ3) is 2.53. The summed E-state index contributed by atoms with van der Waals surface area (Å²) in [4.78, 5) is 8.23. The molecule has 92 valence electrons. The molecule has 0 atom stereocenters. The van der Waals surface area contributed by atoms with Crippen LogP contribution in [0.25, 0.3) is 0 Å². The molecule has 2 rings (SSSR count). The van der Waals surface area contributed by atoms with E-state index in [2.05, 4.69) is 16.0 Å². The summed E-state index contributed by atoms with van der Waals surface area (Å²) in [5, 5.41) is 18.8. The lowest BCUT2D eigenvalue weighted by atomic mass is 10.2. The zero-order chi connectivity index (χ0) is 13.0. The minimum Gasteiger partial charge on any atom is -0.390 e. The number of nitriles is 1. The Morgan fingerprint density at radius 2 is 2.33 bits per heavy atom. The number of aliphatic hydroxyl groups is 1. The first-order chi connectivity index (χ1) is 8.76. The molecule has 0 aliphatic rings. The molecule has 0 aliphatic carbocycles. The molecule has 5 nitrogen and oxygen atoms in total. The van der Waals surface area contributed by atoms with Gasteiger partial charge in [-0.2, -0.15) is 5.26 Å². The first-order valence-electron chi connectivity index (χ1n) is 5.34. The van der Waals surface area contributed by atoms with E-state index in [4.69, 9.17) is 10.4 Å². The van der Waals surface area contributed by atoms with E-state index in [9.17, 15) is 0 Å². The average Bonchev–Trinajstić information content (AvgIpc) is 2.77. The SMILES string of the molecule is Cn1c(CO)cnc1SCc1cccnc1C#N. The quantitative estimate of drug-likeness (QED) is 0.843. The fourth-order valence-electron chi connectivity index (χ4n) is 1.50. The summed E-state index contributed by atoms with van der Waals surface area (Å²) in [7, 11) is 1.86. The third-order valence-electron chi connectivity index (χ3n) is 2.56. The van der Waals surface area contributed by atoms with Crippen molar-refractivity contribution in [1.82, 2.24) is 14.5 Å². The van der Waals surface area contributed by atoms with Crippen LogP contribution >= 0.6 is 11.8 Å². The molecule has 18 heavy (non-hydrogen) atoms. The van der Waals surface area contributed by atoms with Crippen LogP contribution in [0, 0.1) is 11.3 Å². The molecule has 0 spiro atoms. The Kier molecular flexibility index (Phi) is 3.97. The van der Waals surface area contributed by atoms with E-state index in [1.54, 1.807) is 12.4 Å². The second-order valence-corrected chi connectivity index (χ2v) is 4.60. The Balaban J connectivity index is 2.12. The van der Waals surface area contributed by atoms with Gasteiger partial charge >= 0.3 is 0 Å². The van der Waals surface area contributed by atoms with Gasteiger partial charge in [-0.3, -0.25) is 0 Å². The largest absolute Gasteiger partial charge is 0.390 e. The number of pyridine rings is 1. The number of thioether (sulfide) groups is 1.